The summed E-state index contributed by atoms with van der Waals surface area (Å²) < 4.78 is 5.70. The Hall–Kier alpha value is -0.610. The van der Waals surface area contributed by atoms with Crippen LogP contribution in [-0.2, 0) is 9.53 Å². The molecule has 2 heterocycles. The number of amides is 1. The van der Waals surface area contributed by atoms with Gasteiger partial charge in [0.05, 0.1) is 18.2 Å². The average molecular weight is 198 g/mol. The van der Waals surface area contributed by atoms with Crippen molar-refractivity contribution < 1.29 is 9.53 Å². The summed E-state index contributed by atoms with van der Waals surface area (Å²) in [4.78, 5) is 11.2. The third-order valence-corrected chi connectivity index (χ3v) is 3.18. The minimum absolute atomic E-state index is 0.0622. The lowest BCUT2D eigenvalue weighted by Crippen LogP contribution is -2.41. The number of rotatable bonds is 3. The second-order valence-corrected chi connectivity index (χ2v) is 4.40. The van der Waals surface area contributed by atoms with Crippen LogP contribution in [0.4, 0.5) is 0 Å². The quantitative estimate of drug-likeness (QED) is 0.672. The second-order valence-electron chi connectivity index (χ2n) is 4.40. The van der Waals surface area contributed by atoms with Crippen molar-refractivity contribution in [2.45, 2.75) is 44.4 Å². The van der Waals surface area contributed by atoms with Crippen molar-refractivity contribution in [3.63, 3.8) is 0 Å². The van der Waals surface area contributed by atoms with Crippen LogP contribution >= 0.6 is 0 Å². The number of ether oxygens (including phenoxy) is 1. The molecule has 3 N–H and O–H groups in total. The van der Waals surface area contributed by atoms with Crippen LogP contribution in [0.15, 0.2) is 0 Å². The highest BCUT2D eigenvalue weighted by Crippen LogP contribution is 2.38. The van der Waals surface area contributed by atoms with Gasteiger partial charge in [-0.1, -0.05) is 0 Å². The van der Waals surface area contributed by atoms with Crippen molar-refractivity contribution in [1.29, 1.82) is 0 Å². The van der Waals surface area contributed by atoms with E-state index in [1.165, 1.54) is 6.42 Å². The zero-order chi connectivity index (χ0) is 10.1. The van der Waals surface area contributed by atoms with Crippen molar-refractivity contribution in [2.75, 3.05) is 6.54 Å². The molecule has 4 nitrogen and oxygen atoms in total. The van der Waals surface area contributed by atoms with E-state index in [4.69, 9.17) is 10.5 Å². The Bertz CT molecular complexity index is 230. The van der Waals surface area contributed by atoms with E-state index in [-0.39, 0.29) is 5.91 Å². The molecule has 14 heavy (non-hydrogen) atoms. The summed E-state index contributed by atoms with van der Waals surface area (Å²) in [6, 6.07) is -0.408. The Kier molecular flexibility index (Phi) is 2.74. The predicted octanol–water partition coefficient (Wildman–Crippen LogP) is 0.0173. The Balaban J connectivity index is 1.74. The largest absolute Gasteiger partial charge is 0.375 e. The van der Waals surface area contributed by atoms with E-state index in [1.807, 2.05) is 0 Å². The summed E-state index contributed by atoms with van der Waals surface area (Å²) in [5, 5.41) is 2.86. The molecule has 4 heteroatoms. The normalized spacial score (nSPS) is 37.1. The predicted molar refractivity (Wildman–Crippen MR) is 52.7 cm³/mol. The standard InChI is InChI=1S/C10H18N2O2/c1-6(11)10(13)12-5-7-4-8-2-3-9(7)14-8/h6-9H,2-5,11H2,1H3,(H,12,13)/t6-,7?,8?,9?/m0/s1. The molecule has 0 aromatic heterocycles. The van der Waals surface area contributed by atoms with E-state index in [0.29, 0.717) is 18.1 Å². The summed E-state index contributed by atoms with van der Waals surface area (Å²) in [6.07, 6.45) is 4.29. The highest BCUT2D eigenvalue weighted by Gasteiger charge is 2.40. The van der Waals surface area contributed by atoms with Crippen LogP contribution in [0.25, 0.3) is 0 Å². The number of fused-ring (bicyclic) bond motifs is 2. The number of nitrogens with one attached hydrogen (secondary N) is 1. The van der Waals surface area contributed by atoms with E-state index >= 15 is 0 Å². The molecule has 2 fully saturated rings. The SMILES string of the molecule is C[C@H](N)C(=O)NCC1CC2CCC1O2. The van der Waals surface area contributed by atoms with Gasteiger partial charge in [-0.2, -0.15) is 0 Å². The lowest BCUT2D eigenvalue weighted by atomic mass is 9.89. The van der Waals surface area contributed by atoms with E-state index in [9.17, 15) is 4.79 Å². The van der Waals surface area contributed by atoms with Crippen molar-refractivity contribution in [1.82, 2.24) is 5.32 Å². The molecule has 2 bridgehead atoms. The summed E-state index contributed by atoms with van der Waals surface area (Å²) in [5.41, 5.74) is 5.45. The number of carbonyl (C=O) groups excluding carboxylic acids is 1. The maximum absolute atomic E-state index is 11.2. The molecule has 0 aromatic rings. The summed E-state index contributed by atoms with van der Waals surface area (Å²) in [7, 11) is 0. The first-order chi connectivity index (χ1) is 6.66. The number of nitrogens with two attached hydrogens (primary N) is 1. The number of carbonyl (C=O) groups is 1. The molecule has 0 aromatic carbocycles. The van der Waals surface area contributed by atoms with E-state index in [1.54, 1.807) is 6.92 Å². The van der Waals surface area contributed by atoms with Gasteiger partial charge in [-0.25, -0.2) is 0 Å². The lowest BCUT2D eigenvalue weighted by Gasteiger charge is -2.19. The van der Waals surface area contributed by atoms with Crippen LogP contribution in [0.5, 0.6) is 0 Å². The van der Waals surface area contributed by atoms with Gasteiger partial charge in [-0.3, -0.25) is 4.79 Å². The van der Waals surface area contributed by atoms with Gasteiger partial charge in [0, 0.05) is 12.5 Å². The molecule has 3 unspecified atom stereocenters. The van der Waals surface area contributed by atoms with Gasteiger partial charge in [0.2, 0.25) is 5.91 Å². The topological polar surface area (TPSA) is 64.4 Å². The summed E-state index contributed by atoms with van der Waals surface area (Å²) in [5.74, 6) is 0.448. The Morgan fingerprint density at radius 2 is 2.43 bits per heavy atom. The molecule has 80 valence electrons. The van der Waals surface area contributed by atoms with Crippen molar-refractivity contribution in [3.8, 4) is 0 Å². The minimum atomic E-state index is -0.408. The molecule has 2 aliphatic rings. The zero-order valence-electron chi connectivity index (χ0n) is 8.53. The smallest absolute Gasteiger partial charge is 0.236 e. The van der Waals surface area contributed by atoms with Crippen LogP contribution in [0, 0.1) is 5.92 Å². The first-order valence-corrected chi connectivity index (χ1v) is 5.35. The maximum atomic E-state index is 11.2. The van der Waals surface area contributed by atoms with Gasteiger partial charge in [0.15, 0.2) is 0 Å². The van der Waals surface area contributed by atoms with Gasteiger partial charge in [0.1, 0.15) is 0 Å². The minimum Gasteiger partial charge on any atom is -0.375 e. The van der Waals surface area contributed by atoms with Crippen LogP contribution in [0.2, 0.25) is 0 Å². The molecule has 0 aliphatic carbocycles. The fourth-order valence-electron chi connectivity index (χ4n) is 2.35. The number of hydrogen-bond donors (Lipinski definition) is 2. The van der Waals surface area contributed by atoms with Crippen molar-refractivity contribution in [2.24, 2.45) is 11.7 Å². The molecular formula is C10H18N2O2. The van der Waals surface area contributed by atoms with Gasteiger partial charge in [0.25, 0.3) is 0 Å². The fraction of sp³-hybridized carbons (Fsp3) is 0.900. The Morgan fingerprint density at radius 3 is 2.93 bits per heavy atom. The maximum Gasteiger partial charge on any atom is 0.236 e. The van der Waals surface area contributed by atoms with E-state index < -0.39 is 6.04 Å². The van der Waals surface area contributed by atoms with Crippen molar-refractivity contribution in [3.05, 3.63) is 0 Å². The molecule has 2 rings (SSSR count). The summed E-state index contributed by atoms with van der Waals surface area (Å²) >= 11 is 0. The van der Waals surface area contributed by atoms with E-state index in [2.05, 4.69) is 5.32 Å². The summed E-state index contributed by atoms with van der Waals surface area (Å²) in [6.45, 7) is 2.42. The van der Waals surface area contributed by atoms with Gasteiger partial charge < -0.3 is 15.8 Å². The van der Waals surface area contributed by atoms with Crippen LogP contribution in [0.3, 0.4) is 0 Å². The van der Waals surface area contributed by atoms with Gasteiger partial charge in [-0.05, 0) is 26.2 Å². The Labute approximate surface area is 84.2 Å². The molecule has 2 saturated heterocycles. The first kappa shape index (κ1) is 9.93. The number of hydrogen-bond acceptors (Lipinski definition) is 3. The van der Waals surface area contributed by atoms with Gasteiger partial charge >= 0.3 is 0 Å². The van der Waals surface area contributed by atoms with Crippen LogP contribution < -0.4 is 11.1 Å². The third-order valence-electron chi connectivity index (χ3n) is 3.18. The highest BCUT2D eigenvalue weighted by atomic mass is 16.5. The fourth-order valence-corrected chi connectivity index (χ4v) is 2.35. The monoisotopic (exact) mass is 198 g/mol. The molecule has 2 aliphatic heterocycles. The molecule has 0 saturated carbocycles. The molecule has 0 spiro atoms. The molecule has 0 radical (unpaired) electrons. The van der Waals surface area contributed by atoms with E-state index in [0.717, 1.165) is 19.4 Å². The first-order valence-electron chi connectivity index (χ1n) is 5.35. The lowest BCUT2D eigenvalue weighted by molar-refractivity contribution is -0.122. The van der Waals surface area contributed by atoms with Crippen LogP contribution in [0.1, 0.15) is 26.2 Å². The van der Waals surface area contributed by atoms with Gasteiger partial charge in [-0.15, -0.1) is 0 Å². The molecular weight excluding hydrogens is 180 g/mol. The average Bonchev–Trinajstić information content (AvgIpc) is 2.74. The van der Waals surface area contributed by atoms with Crippen molar-refractivity contribution >= 4 is 5.91 Å². The Morgan fingerprint density at radius 1 is 1.64 bits per heavy atom. The molecule has 1 amide bonds. The third kappa shape index (κ3) is 1.91. The highest BCUT2D eigenvalue weighted by molar-refractivity contribution is 5.80. The van der Waals surface area contributed by atoms with Crippen LogP contribution in [-0.4, -0.2) is 30.7 Å². The zero-order valence-corrected chi connectivity index (χ0v) is 8.53. The molecule has 4 atom stereocenters. The second kappa shape index (κ2) is 3.87.